The van der Waals surface area contributed by atoms with Gasteiger partial charge in [-0.15, -0.1) is 0 Å². The van der Waals surface area contributed by atoms with Crippen molar-refractivity contribution in [2.24, 2.45) is 0 Å². The van der Waals surface area contributed by atoms with Crippen LogP contribution in [0.15, 0.2) is 42.5 Å². The number of hydrogen-bond acceptors (Lipinski definition) is 1. The molecule has 2 rings (SSSR count). The van der Waals surface area contributed by atoms with Crippen LogP contribution in [-0.4, -0.2) is 0 Å². The first-order valence-corrected chi connectivity index (χ1v) is 6.91. The molecule has 1 nitrogen and oxygen atoms in total. The Kier molecular flexibility index (Phi) is 4.69. The van der Waals surface area contributed by atoms with Crippen LogP contribution in [0.4, 0.5) is 18.9 Å². The van der Waals surface area contributed by atoms with Crippen molar-refractivity contribution in [1.82, 2.24) is 0 Å². The maximum absolute atomic E-state index is 12.7. The number of anilines is 1. The molecule has 1 N–H and O–H groups in total. The van der Waals surface area contributed by atoms with Crippen molar-refractivity contribution in [3.63, 3.8) is 0 Å². The molecule has 2 aromatic rings. The molecule has 0 spiro atoms. The highest BCUT2D eigenvalue weighted by atomic mass is 35.5. The van der Waals surface area contributed by atoms with Crippen molar-refractivity contribution < 1.29 is 13.2 Å². The van der Waals surface area contributed by atoms with Crippen molar-refractivity contribution in [3.8, 4) is 0 Å². The van der Waals surface area contributed by atoms with Crippen LogP contribution in [0.25, 0.3) is 0 Å². The van der Waals surface area contributed by atoms with Gasteiger partial charge < -0.3 is 5.32 Å². The van der Waals surface area contributed by atoms with Crippen LogP contribution in [0, 0.1) is 0 Å². The molecule has 0 amide bonds. The third kappa shape index (κ3) is 4.05. The van der Waals surface area contributed by atoms with E-state index >= 15 is 0 Å². The molecule has 21 heavy (non-hydrogen) atoms. The molecule has 0 aliphatic heterocycles. The van der Waals surface area contributed by atoms with E-state index < -0.39 is 11.7 Å². The molecule has 1 unspecified atom stereocenters. The van der Waals surface area contributed by atoms with Crippen LogP contribution < -0.4 is 5.32 Å². The molecule has 6 heteroatoms. The first kappa shape index (κ1) is 16.0. The molecular formula is C15H12Cl2F3N. The van der Waals surface area contributed by atoms with Gasteiger partial charge in [0.05, 0.1) is 16.3 Å². The Morgan fingerprint density at radius 2 is 1.76 bits per heavy atom. The molecule has 0 fully saturated rings. The largest absolute Gasteiger partial charge is 0.416 e. The van der Waals surface area contributed by atoms with E-state index in [0.717, 1.165) is 17.7 Å². The summed E-state index contributed by atoms with van der Waals surface area (Å²) in [5.41, 5.74) is 0.350. The zero-order chi connectivity index (χ0) is 15.6. The number of benzene rings is 2. The van der Waals surface area contributed by atoms with Crippen LogP contribution in [0.3, 0.4) is 0 Å². The van der Waals surface area contributed by atoms with Gasteiger partial charge in [-0.2, -0.15) is 13.2 Å². The Bertz CT molecular complexity index is 641. The van der Waals surface area contributed by atoms with E-state index in [1.54, 1.807) is 18.2 Å². The van der Waals surface area contributed by atoms with Crippen molar-refractivity contribution in [1.29, 1.82) is 0 Å². The Morgan fingerprint density at radius 3 is 2.38 bits per heavy atom. The van der Waals surface area contributed by atoms with E-state index in [1.807, 2.05) is 13.0 Å². The summed E-state index contributed by atoms with van der Waals surface area (Å²) in [6, 6.07) is 10.1. The molecule has 0 saturated heterocycles. The lowest BCUT2D eigenvalue weighted by molar-refractivity contribution is -0.137. The minimum absolute atomic E-state index is 0.232. The summed E-state index contributed by atoms with van der Waals surface area (Å²) in [6.07, 6.45) is -4.40. The molecule has 0 bridgehead atoms. The summed E-state index contributed by atoms with van der Waals surface area (Å²) < 4.78 is 38.2. The minimum Gasteiger partial charge on any atom is -0.377 e. The summed E-state index contributed by atoms with van der Waals surface area (Å²) in [6.45, 7) is 1.82. The van der Waals surface area contributed by atoms with E-state index in [9.17, 15) is 13.2 Å². The molecule has 0 aromatic heterocycles. The Hall–Kier alpha value is -1.39. The summed E-state index contributed by atoms with van der Waals surface area (Å²) in [4.78, 5) is 0. The number of halogens is 5. The highest BCUT2D eigenvalue weighted by Gasteiger charge is 2.31. The Balaban J connectivity index is 2.26. The zero-order valence-electron chi connectivity index (χ0n) is 11.0. The Labute approximate surface area is 130 Å². The van der Waals surface area contributed by atoms with Gasteiger partial charge in [-0.25, -0.2) is 0 Å². The smallest absolute Gasteiger partial charge is 0.377 e. The van der Waals surface area contributed by atoms with Gasteiger partial charge >= 0.3 is 6.18 Å². The fourth-order valence-electron chi connectivity index (χ4n) is 1.90. The number of nitrogens with one attached hydrogen (secondary N) is 1. The van der Waals surface area contributed by atoms with Gasteiger partial charge in [0.15, 0.2) is 0 Å². The predicted molar refractivity (Wildman–Crippen MR) is 79.9 cm³/mol. The highest BCUT2D eigenvalue weighted by Crippen LogP contribution is 2.35. The molecule has 0 saturated carbocycles. The Morgan fingerprint density at radius 1 is 1.05 bits per heavy atom. The third-order valence-corrected chi connectivity index (χ3v) is 3.58. The zero-order valence-corrected chi connectivity index (χ0v) is 12.5. The van der Waals surface area contributed by atoms with E-state index in [0.29, 0.717) is 5.02 Å². The predicted octanol–water partition coefficient (Wildman–Crippen LogP) is 6.19. The van der Waals surface area contributed by atoms with Gasteiger partial charge in [-0.05, 0) is 42.8 Å². The second-order valence-electron chi connectivity index (χ2n) is 4.61. The van der Waals surface area contributed by atoms with Crippen molar-refractivity contribution >= 4 is 28.9 Å². The maximum Gasteiger partial charge on any atom is 0.416 e. The molecule has 112 valence electrons. The van der Waals surface area contributed by atoms with Crippen LogP contribution in [0.1, 0.15) is 24.1 Å². The summed E-state index contributed by atoms with van der Waals surface area (Å²) in [7, 11) is 0. The average Bonchev–Trinajstić information content (AvgIpc) is 2.40. The van der Waals surface area contributed by atoms with Crippen LogP contribution in [-0.2, 0) is 6.18 Å². The second-order valence-corrected chi connectivity index (χ2v) is 5.46. The van der Waals surface area contributed by atoms with Gasteiger partial charge in [-0.3, -0.25) is 0 Å². The molecule has 0 aliphatic carbocycles. The van der Waals surface area contributed by atoms with Crippen LogP contribution in [0.5, 0.6) is 0 Å². The van der Waals surface area contributed by atoms with Crippen molar-refractivity contribution in [2.45, 2.75) is 19.1 Å². The normalized spacial score (nSPS) is 13.0. The van der Waals surface area contributed by atoms with Crippen LogP contribution >= 0.6 is 23.2 Å². The molecule has 2 aromatic carbocycles. The summed E-state index contributed by atoms with van der Waals surface area (Å²) in [5, 5.41) is 3.77. The lowest BCUT2D eigenvalue weighted by atomic mass is 10.1. The van der Waals surface area contributed by atoms with Gasteiger partial charge in [0.2, 0.25) is 0 Å². The van der Waals surface area contributed by atoms with Gasteiger partial charge in [-0.1, -0.05) is 35.3 Å². The average molecular weight is 334 g/mol. The van der Waals surface area contributed by atoms with Gasteiger partial charge in [0, 0.05) is 11.1 Å². The van der Waals surface area contributed by atoms with E-state index in [4.69, 9.17) is 23.2 Å². The van der Waals surface area contributed by atoms with E-state index in [1.165, 1.54) is 6.07 Å². The number of hydrogen-bond donors (Lipinski definition) is 1. The van der Waals surface area contributed by atoms with Gasteiger partial charge in [0.25, 0.3) is 0 Å². The van der Waals surface area contributed by atoms with Crippen molar-refractivity contribution in [2.75, 3.05) is 5.32 Å². The molecule has 0 radical (unpaired) electrons. The van der Waals surface area contributed by atoms with Crippen molar-refractivity contribution in [3.05, 3.63) is 63.6 Å². The second kappa shape index (κ2) is 6.16. The summed E-state index contributed by atoms with van der Waals surface area (Å²) in [5.74, 6) is 0. The first-order chi connectivity index (χ1) is 9.77. The van der Waals surface area contributed by atoms with Crippen LogP contribution in [0.2, 0.25) is 10.0 Å². The molecule has 0 aliphatic rings. The molecular weight excluding hydrogens is 322 g/mol. The fourth-order valence-corrected chi connectivity index (χ4v) is 2.28. The highest BCUT2D eigenvalue weighted by molar-refractivity contribution is 6.33. The number of rotatable bonds is 3. The fraction of sp³-hybridized carbons (Fsp3) is 0.200. The maximum atomic E-state index is 12.7. The van der Waals surface area contributed by atoms with E-state index in [2.05, 4.69) is 5.32 Å². The quantitative estimate of drug-likeness (QED) is 0.706. The molecule has 0 heterocycles. The third-order valence-electron chi connectivity index (χ3n) is 3.01. The molecule has 1 atom stereocenters. The minimum atomic E-state index is -4.40. The number of alkyl halides is 3. The standard InChI is InChI=1S/C15H12Cl2F3N/c1-9(10-3-2-4-12(16)7-10)21-14-8-11(15(18,19)20)5-6-13(14)17/h2-9,21H,1H3. The van der Waals surface area contributed by atoms with E-state index in [-0.39, 0.29) is 16.8 Å². The summed E-state index contributed by atoms with van der Waals surface area (Å²) >= 11 is 11.9. The SMILES string of the molecule is CC(Nc1cc(C(F)(F)F)ccc1Cl)c1cccc(Cl)c1. The van der Waals surface area contributed by atoms with Gasteiger partial charge in [0.1, 0.15) is 0 Å². The first-order valence-electron chi connectivity index (χ1n) is 6.16. The lowest BCUT2D eigenvalue weighted by Gasteiger charge is -2.18. The topological polar surface area (TPSA) is 12.0 Å². The monoisotopic (exact) mass is 333 g/mol. The lowest BCUT2D eigenvalue weighted by Crippen LogP contribution is -2.10.